The fraction of sp³-hybridized carbons (Fsp3) is 0.381. The Morgan fingerprint density at radius 1 is 0.903 bits per heavy atom. The summed E-state index contributed by atoms with van der Waals surface area (Å²) < 4.78 is 50.3. The molecule has 1 amide bonds. The van der Waals surface area contributed by atoms with Crippen molar-refractivity contribution in [2.24, 2.45) is 0 Å². The lowest BCUT2D eigenvalue weighted by atomic mass is 10.1. The van der Waals surface area contributed by atoms with Gasteiger partial charge in [0.05, 0.1) is 23.9 Å². The Bertz CT molecular complexity index is 1160. The van der Waals surface area contributed by atoms with Crippen LogP contribution in [0.3, 0.4) is 0 Å². The number of carbonyl (C=O) groups is 1. The molecule has 31 heavy (non-hydrogen) atoms. The average Bonchev–Trinajstić information content (AvgIpc) is 2.65. The first-order valence-electron chi connectivity index (χ1n) is 9.68. The van der Waals surface area contributed by atoms with Gasteiger partial charge in [-0.1, -0.05) is 12.1 Å². The second-order valence-electron chi connectivity index (χ2n) is 7.54. The van der Waals surface area contributed by atoms with Gasteiger partial charge in [-0.15, -0.1) is 0 Å². The van der Waals surface area contributed by atoms with Crippen LogP contribution >= 0.6 is 0 Å². The van der Waals surface area contributed by atoms with Crippen molar-refractivity contribution in [3.8, 4) is 0 Å². The topological polar surface area (TPSA) is 104 Å². The lowest BCUT2D eigenvalue weighted by molar-refractivity contribution is -0.116. The second-order valence-corrected chi connectivity index (χ2v) is 11.5. The van der Waals surface area contributed by atoms with Crippen molar-refractivity contribution in [2.75, 3.05) is 40.0 Å². The van der Waals surface area contributed by atoms with E-state index in [4.69, 9.17) is 0 Å². The molecule has 2 aromatic carbocycles. The monoisotopic (exact) mass is 467 g/mol. The van der Waals surface area contributed by atoms with Crippen molar-refractivity contribution in [1.82, 2.24) is 0 Å². The Hall–Kier alpha value is -2.59. The van der Waals surface area contributed by atoms with Gasteiger partial charge in [0, 0.05) is 25.7 Å². The van der Waals surface area contributed by atoms with Crippen molar-refractivity contribution < 1.29 is 21.6 Å². The predicted octanol–water partition coefficient (Wildman–Crippen LogP) is 2.88. The summed E-state index contributed by atoms with van der Waals surface area (Å²) in [5.74, 6) is -0.285. The Morgan fingerprint density at radius 3 is 2.16 bits per heavy atom. The highest BCUT2D eigenvalue weighted by Crippen LogP contribution is 2.23. The number of sulfonamides is 2. The van der Waals surface area contributed by atoms with Gasteiger partial charge in [-0.05, 0) is 61.7 Å². The van der Waals surface area contributed by atoms with Crippen LogP contribution in [-0.2, 0) is 24.8 Å². The summed E-state index contributed by atoms with van der Waals surface area (Å²) in [5, 5.41) is 2.73. The van der Waals surface area contributed by atoms with Gasteiger partial charge in [0.2, 0.25) is 26.0 Å². The van der Waals surface area contributed by atoms with Gasteiger partial charge in [-0.25, -0.2) is 16.8 Å². The van der Waals surface area contributed by atoms with Crippen LogP contribution in [0.4, 0.5) is 17.1 Å². The summed E-state index contributed by atoms with van der Waals surface area (Å²) in [6.07, 6.45) is 2.69. The standard InChI is InChI=1S/C21H29N3O5S2/c1-16-11-12-20(14-17(16)2)24(31(5,28)29)13-7-10-21(25)22-18-8-6-9-19(15-18)23(3)30(4,26)27/h6,8-9,11-12,14-15H,7,10,13H2,1-5H3,(H,22,25). The number of anilines is 3. The molecule has 1 N–H and O–H groups in total. The van der Waals surface area contributed by atoms with Crippen molar-refractivity contribution in [3.63, 3.8) is 0 Å². The van der Waals surface area contributed by atoms with Gasteiger partial charge in [0.25, 0.3) is 0 Å². The summed E-state index contributed by atoms with van der Waals surface area (Å²) in [4.78, 5) is 12.3. The summed E-state index contributed by atoms with van der Waals surface area (Å²) in [7, 11) is -5.47. The average molecular weight is 468 g/mol. The van der Waals surface area contributed by atoms with Gasteiger partial charge in [0.15, 0.2) is 0 Å². The van der Waals surface area contributed by atoms with Crippen LogP contribution in [-0.4, -0.2) is 48.8 Å². The van der Waals surface area contributed by atoms with Gasteiger partial charge >= 0.3 is 0 Å². The van der Waals surface area contributed by atoms with Crippen molar-refractivity contribution in [1.29, 1.82) is 0 Å². The molecule has 0 heterocycles. The number of carbonyl (C=O) groups excluding carboxylic acids is 1. The molecule has 170 valence electrons. The minimum absolute atomic E-state index is 0.114. The summed E-state index contributed by atoms with van der Waals surface area (Å²) in [6, 6.07) is 12.0. The Morgan fingerprint density at radius 2 is 1.58 bits per heavy atom. The molecule has 0 aliphatic carbocycles. The number of amides is 1. The smallest absolute Gasteiger partial charge is 0.232 e. The number of nitrogens with one attached hydrogen (secondary N) is 1. The molecule has 0 spiro atoms. The molecule has 0 unspecified atom stereocenters. The zero-order valence-corrected chi connectivity index (χ0v) is 20.0. The Labute approximate surface area is 185 Å². The van der Waals surface area contributed by atoms with Crippen LogP contribution in [0, 0.1) is 13.8 Å². The Balaban J connectivity index is 2.02. The molecule has 0 bridgehead atoms. The molecule has 2 rings (SSSR count). The summed E-state index contributed by atoms with van der Waals surface area (Å²) in [5.41, 5.74) is 3.52. The first-order valence-corrected chi connectivity index (χ1v) is 13.4. The molecular formula is C21H29N3O5S2. The van der Waals surface area contributed by atoms with Crippen LogP contribution in [0.15, 0.2) is 42.5 Å². The zero-order valence-electron chi connectivity index (χ0n) is 18.4. The number of rotatable bonds is 9. The van der Waals surface area contributed by atoms with Crippen molar-refractivity contribution >= 4 is 43.0 Å². The molecule has 10 heteroatoms. The van der Waals surface area contributed by atoms with E-state index in [0.717, 1.165) is 27.9 Å². The van der Waals surface area contributed by atoms with Gasteiger partial charge in [0.1, 0.15) is 0 Å². The molecule has 0 atom stereocenters. The third kappa shape index (κ3) is 6.96. The quantitative estimate of drug-likeness (QED) is 0.611. The number of benzene rings is 2. The highest BCUT2D eigenvalue weighted by molar-refractivity contribution is 7.92. The molecule has 0 aliphatic heterocycles. The molecule has 2 aromatic rings. The van der Waals surface area contributed by atoms with E-state index in [1.807, 2.05) is 26.0 Å². The van der Waals surface area contributed by atoms with Crippen molar-refractivity contribution in [2.45, 2.75) is 26.7 Å². The lowest BCUT2D eigenvalue weighted by Crippen LogP contribution is -2.31. The molecular weight excluding hydrogens is 438 g/mol. The molecule has 8 nitrogen and oxygen atoms in total. The minimum Gasteiger partial charge on any atom is -0.326 e. The number of nitrogens with zero attached hydrogens (tertiary/aromatic N) is 2. The van der Waals surface area contributed by atoms with Crippen molar-refractivity contribution in [3.05, 3.63) is 53.6 Å². The van der Waals surface area contributed by atoms with Crippen LogP contribution in [0.5, 0.6) is 0 Å². The van der Waals surface area contributed by atoms with E-state index in [2.05, 4.69) is 5.32 Å². The maximum atomic E-state index is 12.3. The fourth-order valence-corrected chi connectivity index (χ4v) is 4.40. The molecule has 0 aromatic heterocycles. The molecule has 0 radical (unpaired) electrons. The number of aryl methyl sites for hydroxylation is 2. The SMILES string of the molecule is Cc1ccc(N(CCCC(=O)Nc2cccc(N(C)S(C)(=O)=O)c2)S(C)(=O)=O)cc1C. The predicted molar refractivity (Wildman–Crippen MR) is 126 cm³/mol. The van der Waals surface area contributed by atoms with E-state index < -0.39 is 20.0 Å². The third-order valence-corrected chi connectivity index (χ3v) is 7.33. The Kier molecular flexibility index (Phi) is 7.72. The van der Waals surface area contributed by atoms with E-state index in [1.54, 1.807) is 30.3 Å². The normalized spacial score (nSPS) is 11.8. The molecule has 0 aliphatic rings. The minimum atomic E-state index is -3.49. The van der Waals surface area contributed by atoms with Gasteiger partial charge in [-0.2, -0.15) is 0 Å². The van der Waals surface area contributed by atoms with E-state index in [-0.39, 0.29) is 18.9 Å². The highest BCUT2D eigenvalue weighted by Gasteiger charge is 2.18. The third-order valence-electron chi connectivity index (χ3n) is 4.93. The molecule has 0 saturated carbocycles. The first-order chi connectivity index (χ1) is 14.3. The van der Waals surface area contributed by atoms with Crippen LogP contribution in [0.25, 0.3) is 0 Å². The van der Waals surface area contributed by atoms with E-state index in [0.29, 0.717) is 23.5 Å². The first kappa shape index (κ1) is 24.7. The van der Waals surface area contributed by atoms with E-state index in [1.165, 1.54) is 11.4 Å². The highest BCUT2D eigenvalue weighted by atomic mass is 32.2. The number of hydrogen-bond donors (Lipinski definition) is 1. The zero-order chi connectivity index (χ0) is 23.4. The lowest BCUT2D eigenvalue weighted by Gasteiger charge is -2.23. The fourth-order valence-electron chi connectivity index (χ4n) is 2.94. The largest absolute Gasteiger partial charge is 0.326 e. The van der Waals surface area contributed by atoms with Crippen LogP contribution < -0.4 is 13.9 Å². The summed E-state index contributed by atoms with van der Waals surface area (Å²) >= 11 is 0. The van der Waals surface area contributed by atoms with E-state index >= 15 is 0 Å². The van der Waals surface area contributed by atoms with Gasteiger partial charge < -0.3 is 5.32 Å². The maximum Gasteiger partial charge on any atom is 0.232 e. The van der Waals surface area contributed by atoms with Gasteiger partial charge in [-0.3, -0.25) is 13.4 Å². The molecule has 0 saturated heterocycles. The van der Waals surface area contributed by atoms with E-state index in [9.17, 15) is 21.6 Å². The maximum absolute atomic E-state index is 12.3. The van der Waals surface area contributed by atoms with Crippen LogP contribution in [0.2, 0.25) is 0 Å². The number of hydrogen-bond acceptors (Lipinski definition) is 5. The molecule has 0 fully saturated rings. The summed E-state index contributed by atoms with van der Waals surface area (Å²) in [6.45, 7) is 4.05. The van der Waals surface area contributed by atoms with Crippen LogP contribution in [0.1, 0.15) is 24.0 Å². The second kappa shape index (κ2) is 9.69.